The Kier molecular flexibility index (Phi) is 5.04. The highest BCUT2D eigenvalue weighted by atomic mass is 32.1. The van der Waals surface area contributed by atoms with E-state index in [4.69, 9.17) is 4.74 Å². The topological polar surface area (TPSA) is 96.5 Å². The number of thiazole rings is 1. The van der Waals surface area contributed by atoms with Crippen LogP contribution >= 0.6 is 11.3 Å². The molecule has 25 heavy (non-hydrogen) atoms. The van der Waals surface area contributed by atoms with E-state index in [9.17, 15) is 14.9 Å². The molecule has 1 atom stereocenters. The van der Waals surface area contributed by atoms with Crippen LogP contribution in [0.1, 0.15) is 44.7 Å². The minimum Gasteiger partial charge on any atom is -0.452 e. The van der Waals surface area contributed by atoms with Crippen molar-refractivity contribution in [2.75, 3.05) is 0 Å². The van der Waals surface area contributed by atoms with Crippen molar-refractivity contribution in [1.29, 1.82) is 5.26 Å². The van der Waals surface area contributed by atoms with Gasteiger partial charge in [0.05, 0.1) is 18.2 Å². The van der Waals surface area contributed by atoms with Crippen molar-refractivity contribution in [1.82, 2.24) is 14.7 Å². The molecule has 0 aliphatic heterocycles. The van der Waals surface area contributed by atoms with Gasteiger partial charge in [0.1, 0.15) is 5.54 Å². The molecule has 2 heterocycles. The zero-order valence-electron chi connectivity index (χ0n) is 14.0. The summed E-state index contributed by atoms with van der Waals surface area (Å²) in [7, 11) is 0. The zero-order chi connectivity index (χ0) is 17.9. The van der Waals surface area contributed by atoms with Crippen LogP contribution in [0, 0.1) is 11.3 Å². The van der Waals surface area contributed by atoms with E-state index in [0.717, 1.165) is 24.2 Å². The van der Waals surface area contributed by atoms with Crippen LogP contribution in [0.25, 0.3) is 4.96 Å². The number of ether oxygens (including phenoxy) is 1. The third-order valence-electron chi connectivity index (χ3n) is 4.43. The molecular weight excluding hydrogens is 340 g/mol. The largest absolute Gasteiger partial charge is 0.452 e. The van der Waals surface area contributed by atoms with Gasteiger partial charge in [0.15, 0.2) is 11.1 Å². The summed E-state index contributed by atoms with van der Waals surface area (Å²) in [5.74, 6) is -0.939. The first-order valence-corrected chi connectivity index (χ1v) is 9.23. The lowest BCUT2D eigenvalue weighted by Crippen LogP contribution is -2.52. The summed E-state index contributed by atoms with van der Waals surface area (Å²) in [4.78, 5) is 29.5. The number of fused-ring (bicyclic) bond motifs is 1. The van der Waals surface area contributed by atoms with E-state index in [1.54, 1.807) is 6.20 Å². The molecule has 1 aliphatic carbocycles. The highest BCUT2D eigenvalue weighted by molar-refractivity contribution is 7.15. The number of nitrogens with zero attached hydrogens (tertiary/aromatic N) is 3. The van der Waals surface area contributed by atoms with Crippen molar-refractivity contribution in [3.63, 3.8) is 0 Å². The Hall–Kier alpha value is -2.40. The fraction of sp³-hybridized carbons (Fsp3) is 0.529. The number of rotatable bonds is 5. The molecule has 1 saturated carbocycles. The second kappa shape index (κ2) is 7.23. The Bertz CT molecular complexity index is 785. The lowest BCUT2D eigenvalue weighted by molar-refractivity contribution is -0.154. The molecule has 7 nitrogen and oxygen atoms in total. The predicted octanol–water partition coefficient (Wildman–Crippen LogP) is 2.21. The van der Waals surface area contributed by atoms with Crippen molar-refractivity contribution < 1.29 is 14.3 Å². The molecule has 1 amide bonds. The average molecular weight is 360 g/mol. The van der Waals surface area contributed by atoms with E-state index in [0.29, 0.717) is 18.5 Å². The molecule has 132 valence electrons. The van der Waals surface area contributed by atoms with Crippen LogP contribution in [0.2, 0.25) is 0 Å². The molecule has 0 bridgehead atoms. The fourth-order valence-electron chi connectivity index (χ4n) is 3.06. The van der Waals surface area contributed by atoms with Gasteiger partial charge in [-0.15, -0.1) is 11.3 Å². The lowest BCUT2D eigenvalue weighted by Gasteiger charge is -2.32. The van der Waals surface area contributed by atoms with Gasteiger partial charge in [-0.05, 0) is 19.8 Å². The van der Waals surface area contributed by atoms with Gasteiger partial charge in [0.2, 0.25) is 0 Å². The van der Waals surface area contributed by atoms with E-state index in [1.165, 1.54) is 18.3 Å². The Labute approximate surface area is 149 Å². The Morgan fingerprint density at radius 3 is 2.92 bits per heavy atom. The minimum absolute atomic E-state index is 0.00934. The van der Waals surface area contributed by atoms with E-state index in [1.807, 2.05) is 16.0 Å². The molecule has 3 rings (SSSR count). The summed E-state index contributed by atoms with van der Waals surface area (Å²) < 4.78 is 7.05. The molecule has 2 aromatic rings. The Morgan fingerprint density at radius 1 is 1.48 bits per heavy atom. The van der Waals surface area contributed by atoms with Crippen LogP contribution in [0.3, 0.4) is 0 Å². The van der Waals surface area contributed by atoms with Crippen LogP contribution in [0.5, 0.6) is 0 Å². The first-order valence-electron chi connectivity index (χ1n) is 8.35. The first-order chi connectivity index (χ1) is 12.0. The number of carbonyl (C=O) groups is 2. The van der Waals surface area contributed by atoms with Crippen LogP contribution in [0.4, 0.5) is 0 Å². The molecule has 8 heteroatoms. The van der Waals surface area contributed by atoms with Crippen LogP contribution in [-0.2, 0) is 20.7 Å². The van der Waals surface area contributed by atoms with Crippen molar-refractivity contribution in [3.8, 4) is 6.07 Å². The number of carbonyl (C=O) groups excluding carboxylic acids is 2. The maximum Gasteiger partial charge on any atom is 0.312 e. The minimum atomic E-state index is -0.941. The summed E-state index contributed by atoms with van der Waals surface area (Å²) in [5, 5.41) is 14.1. The number of imidazole rings is 1. The predicted molar refractivity (Wildman–Crippen MR) is 91.9 cm³/mol. The molecule has 0 aromatic carbocycles. The number of aromatic nitrogens is 2. The van der Waals surface area contributed by atoms with E-state index >= 15 is 0 Å². The molecule has 0 spiro atoms. The highest BCUT2D eigenvalue weighted by Gasteiger charge is 2.35. The smallest absolute Gasteiger partial charge is 0.312 e. The summed E-state index contributed by atoms with van der Waals surface area (Å²) in [6.07, 6.45) is 6.89. The summed E-state index contributed by atoms with van der Waals surface area (Å²) in [5.41, 5.74) is -0.227. The summed E-state index contributed by atoms with van der Waals surface area (Å²) >= 11 is 1.48. The quantitative estimate of drug-likeness (QED) is 0.825. The second-order valence-electron chi connectivity index (χ2n) is 6.38. The molecule has 2 aromatic heterocycles. The third kappa shape index (κ3) is 3.99. The zero-order valence-corrected chi connectivity index (χ0v) is 14.8. The summed E-state index contributed by atoms with van der Waals surface area (Å²) in [6, 6.07) is 2.22. The monoisotopic (exact) mass is 360 g/mol. The van der Waals surface area contributed by atoms with Crippen molar-refractivity contribution >= 4 is 28.2 Å². The van der Waals surface area contributed by atoms with E-state index < -0.39 is 23.5 Å². The van der Waals surface area contributed by atoms with Crippen molar-refractivity contribution in [2.45, 2.75) is 57.1 Å². The van der Waals surface area contributed by atoms with Gasteiger partial charge in [0.25, 0.3) is 5.91 Å². The van der Waals surface area contributed by atoms with E-state index in [2.05, 4.69) is 16.4 Å². The highest BCUT2D eigenvalue weighted by Crippen LogP contribution is 2.27. The van der Waals surface area contributed by atoms with Gasteiger partial charge in [-0.2, -0.15) is 5.26 Å². The van der Waals surface area contributed by atoms with Gasteiger partial charge in [0, 0.05) is 17.8 Å². The van der Waals surface area contributed by atoms with Gasteiger partial charge in [-0.25, -0.2) is 4.98 Å². The molecular formula is C17H20N4O3S. The third-order valence-corrected chi connectivity index (χ3v) is 5.20. The molecule has 1 aliphatic rings. The van der Waals surface area contributed by atoms with Gasteiger partial charge in [-0.3, -0.25) is 14.0 Å². The van der Waals surface area contributed by atoms with Gasteiger partial charge in [-0.1, -0.05) is 19.3 Å². The standard InChI is InChI=1S/C17H20N4O3S/c1-12(15(23)20-17(11-18)5-3-2-4-6-17)24-14(22)9-13-10-21-7-8-25-16(21)19-13/h7-8,10,12H,2-6,9H2,1H3,(H,20,23)/t12-/m1/s1. The van der Waals surface area contributed by atoms with Crippen LogP contribution in [0.15, 0.2) is 17.8 Å². The first kappa shape index (κ1) is 17.4. The number of hydrogen-bond acceptors (Lipinski definition) is 6. The van der Waals surface area contributed by atoms with E-state index in [-0.39, 0.29) is 6.42 Å². The number of nitrogens with one attached hydrogen (secondary N) is 1. The van der Waals surface area contributed by atoms with Gasteiger partial charge < -0.3 is 10.1 Å². The van der Waals surface area contributed by atoms with Crippen molar-refractivity contribution in [2.24, 2.45) is 0 Å². The number of amides is 1. The lowest BCUT2D eigenvalue weighted by atomic mass is 9.83. The molecule has 0 unspecified atom stereocenters. The average Bonchev–Trinajstić information content (AvgIpc) is 3.16. The second-order valence-corrected chi connectivity index (χ2v) is 7.25. The maximum absolute atomic E-state index is 12.3. The van der Waals surface area contributed by atoms with Crippen LogP contribution in [-0.4, -0.2) is 32.9 Å². The number of esters is 1. The Balaban J connectivity index is 1.54. The molecule has 0 saturated heterocycles. The Morgan fingerprint density at radius 2 is 2.24 bits per heavy atom. The fourth-order valence-corrected chi connectivity index (χ4v) is 3.78. The van der Waals surface area contributed by atoms with Crippen molar-refractivity contribution in [3.05, 3.63) is 23.5 Å². The number of nitriles is 1. The van der Waals surface area contributed by atoms with Gasteiger partial charge >= 0.3 is 5.97 Å². The normalized spacial score (nSPS) is 17.6. The molecule has 0 radical (unpaired) electrons. The molecule has 1 N–H and O–H groups in total. The number of hydrogen-bond donors (Lipinski definition) is 1. The SMILES string of the molecule is C[C@@H](OC(=O)Cc1cn2ccsc2n1)C(=O)NC1(C#N)CCCCC1. The van der Waals surface area contributed by atoms with Crippen LogP contribution < -0.4 is 5.32 Å². The maximum atomic E-state index is 12.3. The molecule has 1 fully saturated rings. The summed E-state index contributed by atoms with van der Waals surface area (Å²) in [6.45, 7) is 1.52.